The van der Waals surface area contributed by atoms with Crippen LogP contribution in [0.1, 0.15) is 59.3 Å². The molecule has 0 amide bonds. The van der Waals surface area contributed by atoms with Gasteiger partial charge in [0.05, 0.1) is 26.1 Å². The quantitative estimate of drug-likeness (QED) is 0.566. The van der Waals surface area contributed by atoms with Crippen molar-refractivity contribution in [3.05, 3.63) is 12.2 Å². The third-order valence-corrected chi connectivity index (χ3v) is 7.48. The van der Waals surface area contributed by atoms with Gasteiger partial charge in [-0.15, -0.1) is 0 Å². The Balaban J connectivity index is 1.82. The molecule has 0 aromatic rings. The van der Waals surface area contributed by atoms with E-state index in [1.807, 2.05) is 0 Å². The van der Waals surface area contributed by atoms with Gasteiger partial charge in [-0.25, -0.2) is 0 Å². The van der Waals surface area contributed by atoms with Crippen molar-refractivity contribution in [3.63, 3.8) is 0 Å². The second-order valence-electron chi connectivity index (χ2n) is 9.25. The zero-order chi connectivity index (χ0) is 18.4. The van der Waals surface area contributed by atoms with Crippen molar-refractivity contribution < 1.29 is 19.1 Å². The molecule has 1 aliphatic heterocycles. The summed E-state index contributed by atoms with van der Waals surface area (Å²) in [5.41, 5.74) is 1.56. The first-order valence-electron chi connectivity index (χ1n) is 9.63. The fraction of sp³-hybridized carbons (Fsp3) is 0.810. The molecule has 25 heavy (non-hydrogen) atoms. The molecule has 3 fully saturated rings. The predicted molar refractivity (Wildman–Crippen MR) is 95.7 cm³/mol. The van der Waals surface area contributed by atoms with E-state index in [1.165, 1.54) is 32.8 Å². The molecule has 0 aromatic carbocycles. The molecule has 3 rings (SSSR count). The van der Waals surface area contributed by atoms with Crippen LogP contribution in [-0.4, -0.2) is 25.7 Å². The molecule has 0 bridgehead atoms. The van der Waals surface area contributed by atoms with Crippen LogP contribution in [0.3, 0.4) is 0 Å². The van der Waals surface area contributed by atoms with Crippen LogP contribution in [0.15, 0.2) is 12.2 Å². The van der Waals surface area contributed by atoms with Gasteiger partial charge < -0.3 is 9.47 Å². The van der Waals surface area contributed by atoms with E-state index in [0.717, 1.165) is 12.0 Å². The standard InChI is InChI=1S/C21H32O4/c1-13(18-14(11-17(22)24-5)12-25-19(18)23)15-7-8-16-20(2,3)9-6-10-21(15,16)4/h14-16,18H,1,6-12H2,2-5H3. The van der Waals surface area contributed by atoms with E-state index in [4.69, 9.17) is 9.47 Å². The SMILES string of the molecule is C=C(C1C(=O)OCC1CC(=O)OC)C1CCC2C(C)(C)CCCC12C. The molecule has 4 nitrogen and oxygen atoms in total. The van der Waals surface area contributed by atoms with E-state index in [0.29, 0.717) is 23.9 Å². The summed E-state index contributed by atoms with van der Waals surface area (Å²) in [6, 6.07) is 0. The van der Waals surface area contributed by atoms with Crippen LogP contribution < -0.4 is 0 Å². The Morgan fingerprint density at radius 2 is 2.00 bits per heavy atom. The monoisotopic (exact) mass is 348 g/mol. The summed E-state index contributed by atoms with van der Waals surface area (Å²) < 4.78 is 10.1. The molecule has 4 heteroatoms. The van der Waals surface area contributed by atoms with Crippen LogP contribution in [0.5, 0.6) is 0 Å². The number of carbonyl (C=O) groups excluding carboxylic acids is 2. The molecular formula is C21H32O4. The van der Waals surface area contributed by atoms with E-state index >= 15 is 0 Å². The largest absolute Gasteiger partial charge is 0.469 e. The molecule has 0 spiro atoms. The van der Waals surface area contributed by atoms with Gasteiger partial charge in [-0.05, 0) is 48.3 Å². The number of hydrogen-bond donors (Lipinski definition) is 0. The van der Waals surface area contributed by atoms with Gasteiger partial charge in [0, 0.05) is 5.92 Å². The zero-order valence-electron chi connectivity index (χ0n) is 16.1. The summed E-state index contributed by atoms with van der Waals surface area (Å²) >= 11 is 0. The van der Waals surface area contributed by atoms with Gasteiger partial charge in [-0.1, -0.05) is 39.3 Å². The maximum atomic E-state index is 12.4. The van der Waals surface area contributed by atoms with Crippen molar-refractivity contribution in [3.8, 4) is 0 Å². The topological polar surface area (TPSA) is 52.6 Å². The lowest BCUT2D eigenvalue weighted by Gasteiger charge is -2.50. The first kappa shape index (κ1) is 18.5. The second kappa shape index (κ2) is 6.44. The number of carbonyl (C=O) groups is 2. The minimum absolute atomic E-state index is 0.133. The van der Waals surface area contributed by atoms with Crippen molar-refractivity contribution in [2.24, 2.45) is 34.5 Å². The molecule has 3 aliphatic rings. The van der Waals surface area contributed by atoms with Crippen LogP contribution in [0.4, 0.5) is 0 Å². The molecule has 5 unspecified atom stereocenters. The fourth-order valence-corrected chi connectivity index (χ4v) is 6.29. The third-order valence-electron chi connectivity index (χ3n) is 7.48. The molecule has 1 saturated heterocycles. The van der Waals surface area contributed by atoms with Crippen LogP contribution >= 0.6 is 0 Å². The summed E-state index contributed by atoms with van der Waals surface area (Å²) in [7, 11) is 1.39. The number of hydrogen-bond acceptors (Lipinski definition) is 4. The first-order valence-corrected chi connectivity index (χ1v) is 9.63. The van der Waals surface area contributed by atoms with Gasteiger partial charge in [-0.3, -0.25) is 9.59 Å². The average Bonchev–Trinajstić information content (AvgIpc) is 3.07. The van der Waals surface area contributed by atoms with Crippen molar-refractivity contribution in [1.82, 2.24) is 0 Å². The van der Waals surface area contributed by atoms with Gasteiger partial charge in [0.2, 0.25) is 0 Å². The zero-order valence-corrected chi connectivity index (χ0v) is 16.1. The minimum atomic E-state index is -0.357. The Labute approximate surface area is 151 Å². The van der Waals surface area contributed by atoms with Crippen LogP contribution in [-0.2, 0) is 19.1 Å². The van der Waals surface area contributed by atoms with Crippen molar-refractivity contribution in [2.75, 3.05) is 13.7 Å². The molecule has 0 aromatic heterocycles. The Bertz CT molecular complexity index is 578. The van der Waals surface area contributed by atoms with Gasteiger partial charge in [0.1, 0.15) is 0 Å². The number of cyclic esters (lactones) is 1. The van der Waals surface area contributed by atoms with Crippen LogP contribution in [0.25, 0.3) is 0 Å². The van der Waals surface area contributed by atoms with Crippen molar-refractivity contribution >= 4 is 11.9 Å². The number of esters is 2. The highest BCUT2D eigenvalue weighted by Gasteiger charge is 2.56. The maximum Gasteiger partial charge on any atom is 0.313 e. The van der Waals surface area contributed by atoms with Crippen molar-refractivity contribution in [1.29, 1.82) is 0 Å². The number of ether oxygens (including phenoxy) is 2. The first-order chi connectivity index (χ1) is 11.7. The van der Waals surface area contributed by atoms with E-state index in [1.54, 1.807) is 0 Å². The molecule has 140 valence electrons. The number of methoxy groups -OCH3 is 1. The van der Waals surface area contributed by atoms with Gasteiger partial charge in [0.15, 0.2) is 0 Å². The molecule has 2 aliphatic carbocycles. The fourth-order valence-electron chi connectivity index (χ4n) is 6.29. The molecule has 0 N–H and O–H groups in total. The summed E-state index contributed by atoms with van der Waals surface area (Å²) in [5.74, 6) is 0.0349. The lowest BCUT2D eigenvalue weighted by molar-refractivity contribution is -0.142. The van der Waals surface area contributed by atoms with E-state index in [-0.39, 0.29) is 35.6 Å². The van der Waals surface area contributed by atoms with Crippen LogP contribution in [0, 0.1) is 34.5 Å². The summed E-state index contributed by atoms with van der Waals surface area (Å²) in [4.78, 5) is 24.1. The number of rotatable bonds is 4. The van der Waals surface area contributed by atoms with E-state index < -0.39 is 0 Å². The smallest absolute Gasteiger partial charge is 0.313 e. The molecule has 0 radical (unpaired) electrons. The Kier molecular flexibility index (Phi) is 4.76. The Hall–Kier alpha value is -1.32. The number of fused-ring (bicyclic) bond motifs is 1. The second-order valence-corrected chi connectivity index (χ2v) is 9.25. The minimum Gasteiger partial charge on any atom is -0.469 e. The summed E-state index contributed by atoms with van der Waals surface area (Å²) in [6.07, 6.45) is 6.25. The van der Waals surface area contributed by atoms with Crippen LogP contribution in [0.2, 0.25) is 0 Å². The molecular weight excluding hydrogens is 316 g/mol. The summed E-state index contributed by atoms with van der Waals surface area (Å²) in [6.45, 7) is 11.9. The highest BCUT2D eigenvalue weighted by atomic mass is 16.5. The highest BCUT2D eigenvalue weighted by molar-refractivity contribution is 5.80. The maximum absolute atomic E-state index is 12.4. The van der Waals surface area contributed by atoms with Gasteiger partial charge >= 0.3 is 11.9 Å². The van der Waals surface area contributed by atoms with Gasteiger partial charge in [0.25, 0.3) is 0 Å². The lowest BCUT2D eigenvalue weighted by Crippen LogP contribution is -2.43. The summed E-state index contributed by atoms with van der Waals surface area (Å²) in [5, 5.41) is 0. The normalized spacial score (nSPS) is 39.6. The van der Waals surface area contributed by atoms with Crippen molar-refractivity contribution in [2.45, 2.75) is 59.3 Å². The average molecular weight is 348 g/mol. The molecule has 5 atom stereocenters. The lowest BCUT2D eigenvalue weighted by atomic mass is 9.54. The molecule has 1 heterocycles. The van der Waals surface area contributed by atoms with E-state index in [2.05, 4.69) is 27.4 Å². The third kappa shape index (κ3) is 3.02. The Morgan fingerprint density at radius 1 is 1.28 bits per heavy atom. The predicted octanol–water partition coefficient (Wildman–Crippen LogP) is 4.14. The Morgan fingerprint density at radius 3 is 2.68 bits per heavy atom. The van der Waals surface area contributed by atoms with Gasteiger partial charge in [-0.2, -0.15) is 0 Å². The van der Waals surface area contributed by atoms with E-state index in [9.17, 15) is 9.59 Å². The highest BCUT2D eigenvalue weighted by Crippen LogP contribution is 2.64. The molecule has 2 saturated carbocycles.